The van der Waals surface area contributed by atoms with Crippen LogP contribution in [-0.4, -0.2) is 37.4 Å². The Balaban J connectivity index is 1.17. The number of aromatic nitrogens is 2. The maximum Gasteiger partial charge on any atom is 0.240 e. The average molecular weight is 589 g/mol. The molecule has 210 valence electrons. The Kier molecular flexibility index (Phi) is 7.37. The third-order valence-corrected chi connectivity index (χ3v) is 9.14. The van der Waals surface area contributed by atoms with Gasteiger partial charge in [0, 0.05) is 42.1 Å². The fourth-order valence-electron chi connectivity index (χ4n) is 4.94. The zero-order valence-electron chi connectivity index (χ0n) is 22.2. The van der Waals surface area contributed by atoms with Crippen LogP contribution in [0.15, 0.2) is 83.9 Å². The Bertz CT molecular complexity index is 1690. The molecule has 0 unspecified atom stereocenters. The number of sulfonamides is 1. The Hall–Kier alpha value is -3.99. The highest BCUT2D eigenvalue weighted by molar-refractivity contribution is 7.89. The fraction of sp³-hybridized carbons (Fsp3) is 0.233. The van der Waals surface area contributed by atoms with Crippen LogP contribution in [-0.2, 0) is 26.8 Å². The molecule has 1 aliphatic carbocycles. The quantitative estimate of drug-likeness (QED) is 0.259. The number of anilines is 3. The number of fused-ring (bicyclic) bond motifs is 4. The molecule has 1 fully saturated rings. The molecule has 1 saturated carbocycles. The van der Waals surface area contributed by atoms with E-state index in [1.165, 1.54) is 0 Å². The summed E-state index contributed by atoms with van der Waals surface area (Å²) >= 11 is 6.02. The second kappa shape index (κ2) is 11.1. The summed E-state index contributed by atoms with van der Waals surface area (Å²) in [7, 11) is -3.61. The van der Waals surface area contributed by atoms with Gasteiger partial charge in [0.05, 0.1) is 10.3 Å². The van der Waals surface area contributed by atoms with Gasteiger partial charge in [0.15, 0.2) is 0 Å². The van der Waals surface area contributed by atoms with Gasteiger partial charge in [-0.05, 0) is 66.3 Å². The van der Waals surface area contributed by atoms with Crippen LogP contribution in [0.5, 0.6) is 0 Å². The van der Waals surface area contributed by atoms with Crippen LogP contribution in [0.1, 0.15) is 30.4 Å². The summed E-state index contributed by atoms with van der Waals surface area (Å²) in [6, 6.07) is 22.0. The number of carbonyl (C=O) groups excluding carboxylic acids is 1. The molecule has 0 radical (unpaired) electrons. The third-order valence-electron chi connectivity index (χ3n) is 7.43. The van der Waals surface area contributed by atoms with E-state index in [1.807, 2.05) is 48.5 Å². The van der Waals surface area contributed by atoms with Gasteiger partial charge in [-0.3, -0.25) is 4.79 Å². The zero-order valence-corrected chi connectivity index (χ0v) is 23.7. The molecule has 2 aliphatic rings. The molecule has 1 aromatic heterocycles. The summed E-state index contributed by atoms with van der Waals surface area (Å²) < 4.78 is 27.9. The van der Waals surface area contributed by atoms with Crippen LogP contribution < -0.4 is 20.7 Å². The van der Waals surface area contributed by atoms with Crippen LogP contribution in [0.2, 0.25) is 5.02 Å². The van der Waals surface area contributed by atoms with E-state index in [1.54, 1.807) is 30.5 Å². The lowest BCUT2D eigenvalue weighted by molar-refractivity contribution is -0.123. The minimum absolute atomic E-state index is 0.0312. The molecule has 0 spiro atoms. The van der Waals surface area contributed by atoms with Gasteiger partial charge >= 0.3 is 0 Å². The van der Waals surface area contributed by atoms with Gasteiger partial charge in [-0.15, -0.1) is 0 Å². The minimum Gasteiger partial charge on any atom is -0.369 e. The number of nitrogens with zero attached hydrogens (tertiary/aromatic N) is 2. The molecular weight excluding hydrogens is 560 g/mol. The average Bonchev–Trinajstić information content (AvgIpc) is 3.79. The van der Waals surface area contributed by atoms with Crippen molar-refractivity contribution < 1.29 is 13.2 Å². The Morgan fingerprint density at radius 1 is 1.00 bits per heavy atom. The SMILES string of the molecule is O=C(NCc1ccc(-c2cnc3nc2NCCCNS(=O)(=O)c2cccc(c2)N3)cc1)C1(c2ccc(Cl)cc2)CC1. The Morgan fingerprint density at radius 3 is 2.54 bits per heavy atom. The van der Waals surface area contributed by atoms with Crippen molar-refractivity contribution in [2.24, 2.45) is 0 Å². The van der Waals surface area contributed by atoms with E-state index in [9.17, 15) is 13.2 Å². The predicted molar refractivity (Wildman–Crippen MR) is 160 cm³/mol. The molecule has 0 saturated heterocycles. The van der Waals surface area contributed by atoms with E-state index in [0.717, 1.165) is 35.1 Å². The van der Waals surface area contributed by atoms with Crippen LogP contribution in [0.4, 0.5) is 17.5 Å². The molecule has 41 heavy (non-hydrogen) atoms. The van der Waals surface area contributed by atoms with E-state index >= 15 is 0 Å². The number of rotatable bonds is 5. The number of carbonyl (C=O) groups is 1. The Morgan fingerprint density at radius 2 is 1.78 bits per heavy atom. The summed E-state index contributed by atoms with van der Waals surface area (Å²) in [5, 5.41) is 10.2. The first-order valence-corrected chi connectivity index (χ1v) is 15.3. The lowest BCUT2D eigenvalue weighted by Gasteiger charge is -2.16. The monoisotopic (exact) mass is 588 g/mol. The summed E-state index contributed by atoms with van der Waals surface area (Å²) in [5.74, 6) is 1.02. The smallest absolute Gasteiger partial charge is 0.240 e. The van der Waals surface area contributed by atoms with Crippen LogP contribution in [0, 0.1) is 0 Å². The first-order chi connectivity index (χ1) is 19.8. The van der Waals surface area contributed by atoms with Gasteiger partial charge in [0.25, 0.3) is 0 Å². The molecule has 0 atom stereocenters. The molecule has 2 heterocycles. The summed E-state index contributed by atoms with van der Waals surface area (Å²) in [5.41, 5.74) is 3.82. The number of nitrogens with one attached hydrogen (secondary N) is 4. The number of benzene rings is 3. The normalized spacial score (nSPS) is 17.0. The van der Waals surface area contributed by atoms with Crippen molar-refractivity contribution in [1.29, 1.82) is 0 Å². The van der Waals surface area contributed by atoms with Gasteiger partial charge in [0.1, 0.15) is 5.82 Å². The van der Waals surface area contributed by atoms with Crippen LogP contribution in [0.25, 0.3) is 11.1 Å². The van der Waals surface area contributed by atoms with Gasteiger partial charge in [-0.25, -0.2) is 18.1 Å². The lowest BCUT2D eigenvalue weighted by Crippen LogP contribution is -2.34. The molecule has 3 aromatic carbocycles. The molecule has 4 N–H and O–H groups in total. The number of hydrogen-bond donors (Lipinski definition) is 4. The summed E-state index contributed by atoms with van der Waals surface area (Å²) in [4.78, 5) is 22.4. The summed E-state index contributed by atoms with van der Waals surface area (Å²) in [6.07, 6.45) is 3.98. The minimum atomic E-state index is -3.61. The van der Waals surface area contributed by atoms with E-state index in [4.69, 9.17) is 11.6 Å². The predicted octanol–water partition coefficient (Wildman–Crippen LogP) is 4.98. The molecule has 1 amide bonds. The second-order valence-electron chi connectivity index (χ2n) is 10.3. The largest absolute Gasteiger partial charge is 0.369 e. The molecule has 6 rings (SSSR count). The van der Waals surface area contributed by atoms with Crippen molar-refractivity contribution in [3.05, 3.63) is 95.1 Å². The molecular formula is C30H29ClN6O3S. The van der Waals surface area contributed by atoms with E-state index in [2.05, 4.69) is 30.6 Å². The molecule has 4 bridgehead atoms. The zero-order chi connectivity index (χ0) is 28.5. The number of hydrogen-bond acceptors (Lipinski definition) is 7. The molecule has 11 heteroatoms. The maximum atomic E-state index is 13.1. The summed E-state index contributed by atoms with van der Waals surface area (Å²) in [6.45, 7) is 1.23. The van der Waals surface area contributed by atoms with Crippen molar-refractivity contribution in [1.82, 2.24) is 20.0 Å². The lowest BCUT2D eigenvalue weighted by atomic mass is 9.95. The maximum absolute atomic E-state index is 13.1. The first kappa shape index (κ1) is 27.2. The van der Waals surface area contributed by atoms with Crippen molar-refractivity contribution in [2.45, 2.75) is 36.1 Å². The van der Waals surface area contributed by atoms with Gasteiger partial charge < -0.3 is 16.0 Å². The highest BCUT2D eigenvalue weighted by Gasteiger charge is 2.51. The molecule has 9 nitrogen and oxygen atoms in total. The van der Waals surface area contributed by atoms with E-state index in [-0.39, 0.29) is 10.8 Å². The fourth-order valence-corrected chi connectivity index (χ4v) is 6.18. The van der Waals surface area contributed by atoms with Crippen molar-refractivity contribution >= 4 is 45.0 Å². The number of amides is 1. The van der Waals surface area contributed by atoms with Gasteiger partial charge in [0.2, 0.25) is 21.9 Å². The number of halogens is 1. The molecule has 4 aromatic rings. The van der Waals surface area contributed by atoms with Crippen molar-refractivity contribution in [3.8, 4) is 11.1 Å². The topological polar surface area (TPSA) is 125 Å². The van der Waals surface area contributed by atoms with E-state index in [0.29, 0.717) is 48.5 Å². The molecule has 1 aliphatic heterocycles. The highest BCUT2D eigenvalue weighted by Crippen LogP contribution is 2.48. The highest BCUT2D eigenvalue weighted by atomic mass is 35.5. The van der Waals surface area contributed by atoms with Gasteiger partial charge in [-0.1, -0.05) is 54.1 Å². The van der Waals surface area contributed by atoms with Crippen molar-refractivity contribution in [2.75, 3.05) is 23.7 Å². The van der Waals surface area contributed by atoms with Crippen LogP contribution in [0.3, 0.4) is 0 Å². The third kappa shape index (κ3) is 5.90. The standard InChI is InChI=1S/C30H29ClN6O3S/c31-23-11-9-22(10-12-23)30(13-14-30)28(38)33-18-20-5-7-21(8-6-20)26-19-34-29-36-24-3-1-4-25(17-24)41(39,40)35-16-2-15-32-27(26)37-29/h1,3-12,17,19,35H,2,13-16,18H2,(H,33,38)(H2,32,34,36,37). The van der Waals surface area contributed by atoms with E-state index < -0.39 is 15.4 Å². The van der Waals surface area contributed by atoms with Crippen molar-refractivity contribution in [3.63, 3.8) is 0 Å². The van der Waals surface area contributed by atoms with Crippen LogP contribution >= 0.6 is 11.6 Å². The van der Waals surface area contributed by atoms with Gasteiger partial charge in [-0.2, -0.15) is 4.98 Å². The Labute approximate surface area is 243 Å². The first-order valence-electron chi connectivity index (χ1n) is 13.4. The second-order valence-corrected chi connectivity index (χ2v) is 12.5.